The maximum atomic E-state index is 5.84. The molecule has 0 spiro atoms. The Bertz CT molecular complexity index is 394. The maximum absolute atomic E-state index is 5.84. The van der Waals surface area contributed by atoms with Gasteiger partial charge in [0.15, 0.2) is 0 Å². The maximum Gasteiger partial charge on any atom is 0.119 e. The second-order valence-corrected chi connectivity index (χ2v) is 6.43. The van der Waals surface area contributed by atoms with Gasteiger partial charge in [0.1, 0.15) is 12.4 Å². The molecule has 20 heavy (non-hydrogen) atoms. The molecule has 0 heterocycles. The van der Waals surface area contributed by atoms with Gasteiger partial charge in [-0.3, -0.25) is 0 Å². The average Bonchev–Trinajstić information content (AvgIpc) is 2.36. The van der Waals surface area contributed by atoms with E-state index in [4.69, 9.17) is 15.2 Å². The molecule has 0 saturated carbocycles. The summed E-state index contributed by atoms with van der Waals surface area (Å²) in [5.74, 6) is 1.56. The van der Waals surface area contributed by atoms with Crippen molar-refractivity contribution in [3.8, 4) is 5.75 Å². The van der Waals surface area contributed by atoms with Crippen LogP contribution in [0.15, 0.2) is 22.7 Å². The van der Waals surface area contributed by atoms with Gasteiger partial charge in [-0.05, 0) is 49.4 Å². The Labute approximate surface area is 131 Å². The third-order valence-electron chi connectivity index (χ3n) is 2.90. The molecule has 0 aliphatic carbocycles. The van der Waals surface area contributed by atoms with Crippen molar-refractivity contribution in [1.82, 2.24) is 0 Å². The molecule has 1 aromatic rings. The molecule has 4 heteroatoms. The third-order valence-corrected chi connectivity index (χ3v) is 3.67. The molecule has 3 nitrogen and oxygen atoms in total. The van der Waals surface area contributed by atoms with Crippen molar-refractivity contribution in [3.05, 3.63) is 28.2 Å². The van der Waals surface area contributed by atoms with E-state index in [2.05, 4.69) is 29.8 Å². The van der Waals surface area contributed by atoms with Crippen molar-refractivity contribution in [1.29, 1.82) is 0 Å². The van der Waals surface area contributed by atoms with E-state index < -0.39 is 0 Å². The Morgan fingerprint density at radius 1 is 1.15 bits per heavy atom. The van der Waals surface area contributed by atoms with Gasteiger partial charge in [0.2, 0.25) is 0 Å². The second-order valence-electron chi connectivity index (χ2n) is 5.58. The third kappa shape index (κ3) is 7.27. The van der Waals surface area contributed by atoms with Crippen molar-refractivity contribution in [3.63, 3.8) is 0 Å². The van der Waals surface area contributed by atoms with E-state index in [9.17, 15) is 0 Å². The molecule has 1 unspecified atom stereocenters. The lowest BCUT2D eigenvalue weighted by atomic mass is 10.1. The SMILES string of the molecule is CC(C)CCOCCOc1ccc(Br)c(CC(C)N)c1. The van der Waals surface area contributed by atoms with Crippen LogP contribution >= 0.6 is 15.9 Å². The van der Waals surface area contributed by atoms with Crippen LogP contribution in [0.3, 0.4) is 0 Å². The molecular formula is C16H26BrNO2. The predicted molar refractivity (Wildman–Crippen MR) is 87.3 cm³/mol. The van der Waals surface area contributed by atoms with Crippen LogP contribution in [0.25, 0.3) is 0 Å². The van der Waals surface area contributed by atoms with E-state index in [1.807, 2.05) is 25.1 Å². The first-order chi connectivity index (χ1) is 9.49. The Kier molecular flexibility index (Phi) is 8.19. The molecule has 1 atom stereocenters. The summed E-state index contributed by atoms with van der Waals surface area (Å²) < 4.78 is 12.3. The highest BCUT2D eigenvalue weighted by Gasteiger charge is 2.05. The average molecular weight is 344 g/mol. The van der Waals surface area contributed by atoms with Crippen molar-refractivity contribution in [2.24, 2.45) is 11.7 Å². The van der Waals surface area contributed by atoms with E-state index in [-0.39, 0.29) is 6.04 Å². The molecule has 0 aliphatic heterocycles. The Morgan fingerprint density at radius 3 is 2.55 bits per heavy atom. The molecule has 0 bridgehead atoms. The lowest BCUT2D eigenvalue weighted by Gasteiger charge is -2.12. The fraction of sp³-hybridized carbons (Fsp3) is 0.625. The van der Waals surface area contributed by atoms with Crippen molar-refractivity contribution in [2.45, 2.75) is 39.7 Å². The zero-order chi connectivity index (χ0) is 15.0. The van der Waals surface area contributed by atoms with Crippen LogP contribution in [0, 0.1) is 5.92 Å². The highest BCUT2D eigenvalue weighted by atomic mass is 79.9. The zero-order valence-electron chi connectivity index (χ0n) is 12.7. The highest BCUT2D eigenvalue weighted by Crippen LogP contribution is 2.23. The standard InChI is InChI=1S/C16H26BrNO2/c1-12(2)6-7-19-8-9-20-15-4-5-16(17)14(11-15)10-13(3)18/h4-5,11-13H,6-10,18H2,1-3H3. The largest absolute Gasteiger partial charge is 0.491 e. The topological polar surface area (TPSA) is 44.5 Å². The van der Waals surface area contributed by atoms with E-state index in [1.165, 1.54) is 5.56 Å². The minimum absolute atomic E-state index is 0.140. The number of hydrogen-bond donors (Lipinski definition) is 1. The summed E-state index contributed by atoms with van der Waals surface area (Å²) in [5.41, 5.74) is 7.02. The number of rotatable bonds is 9. The van der Waals surface area contributed by atoms with Crippen LogP contribution in [0.5, 0.6) is 5.75 Å². The molecule has 1 aromatic carbocycles. The second kappa shape index (κ2) is 9.37. The summed E-state index contributed by atoms with van der Waals surface area (Å²) in [5, 5.41) is 0. The highest BCUT2D eigenvalue weighted by molar-refractivity contribution is 9.10. The Morgan fingerprint density at radius 2 is 1.90 bits per heavy atom. The van der Waals surface area contributed by atoms with Gasteiger partial charge in [0.25, 0.3) is 0 Å². The normalized spacial score (nSPS) is 12.7. The molecule has 0 saturated heterocycles. The summed E-state index contributed by atoms with van der Waals surface area (Å²) in [6, 6.07) is 6.15. The summed E-state index contributed by atoms with van der Waals surface area (Å²) in [6.07, 6.45) is 1.93. The van der Waals surface area contributed by atoms with Gasteiger partial charge < -0.3 is 15.2 Å². The van der Waals surface area contributed by atoms with Gasteiger partial charge in [0, 0.05) is 17.1 Å². The molecule has 1 rings (SSSR count). The van der Waals surface area contributed by atoms with Crippen molar-refractivity contribution >= 4 is 15.9 Å². The van der Waals surface area contributed by atoms with Crippen LogP contribution in [0.4, 0.5) is 0 Å². The summed E-state index contributed by atoms with van der Waals surface area (Å²) in [6.45, 7) is 8.41. The van der Waals surface area contributed by atoms with Gasteiger partial charge in [-0.15, -0.1) is 0 Å². The Balaban J connectivity index is 2.33. The predicted octanol–water partition coefficient (Wildman–Crippen LogP) is 3.78. The fourth-order valence-electron chi connectivity index (χ4n) is 1.78. The van der Waals surface area contributed by atoms with Crippen LogP contribution in [-0.4, -0.2) is 25.9 Å². The van der Waals surface area contributed by atoms with E-state index >= 15 is 0 Å². The Hall–Kier alpha value is -0.580. The summed E-state index contributed by atoms with van der Waals surface area (Å²) in [4.78, 5) is 0. The van der Waals surface area contributed by atoms with E-state index in [0.29, 0.717) is 19.1 Å². The minimum Gasteiger partial charge on any atom is -0.491 e. The van der Waals surface area contributed by atoms with Crippen LogP contribution < -0.4 is 10.5 Å². The van der Waals surface area contributed by atoms with Gasteiger partial charge in [-0.2, -0.15) is 0 Å². The fourth-order valence-corrected chi connectivity index (χ4v) is 2.19. The first kappa shape index (κ1) is 17.5. The van der Waals surface area contributed by atoms with Crippen molar-refractivity contribution < 1.29 is 9.47 Å². The first-order valence-corrected chi connectivity index (χ1v) is 8.03. The molecule has 0 fully saturated rings. The molecule has 114 valence electrons. The van der Waals surface area contributed by atoms with Gasteiger partial charge in [-0.25, -0.2) is 0 Å². The molecule has 2 N–H and O–H groups in total. The first-order valence-electron chi connectivity index (χ1n) is 7.23. The van der Waals surface area contributed by atoms with Crippen LogP contribution in [0.1, 0.15) is 32.8 Å². The smallest absolute Gasteiger partial charge is 0.119 e. The van der Waals surface area contributed by atoms with Crippen molar-refractivity contribution in [2.75, 3.05) is 19.8 Å². The van der Waals surface area contributed by atoms with Gasteiger partial charge >= 0.3 is 0 Å². The number of ether oxygens (including phenoxy) is 2. The lowest BCUT2D eigenvalue weighted by Crippen LogP contribution is -2.18. The van der Waals surface area contributed by atoms with E-state index in [1.54, 1.807) is 0 Å². The summed E-state index contributed by atoms with van der Waals surface area (Å²) >= 11 is 3.54. The summed E-state index contributed by atoms with van der Waals surface area (Å²) in [7, 11) is 0. The number of nitrogens with two attached hydrogens (primary N) is 1. The van der Waals surface area contributed by atoms with Crippen LogP contribution in [-0.2, 0) is 11.2 Å². The van der Waals surface area contributed by atoms with Gasteiger partial charge in [-0.1, -0.05) is 29.8 Å². The number of halogens is 1. The van der Waals surface area contributed by atoms with Crippen LogP contribution in [0.2, 0.25) is 0 Å². The monoisotopic (exact) mass is 343 g/mol. The van der Waals surface area contributed by atoms with Gasteiger partial charge in [0.05, 0.1) is 6.61 Å². The molecule has 0 aromatic heterocycles. The number of hydrogen-bond acceptors (Lipinski definition) is 3. The zero-order valence-corrected chi connectivity index (χ0v) is 14.3. The quantitative estimate of drug-likeness (QED) is 0.694. The lowest BCUT2D eigenvalue weighted by molar-refractivity contribution is 0.0925. The molecule has 0 radical (unpaired) electrons. The van der Waals surface area contributed by atoms with E-state index in [0.717, 1.165) is 29.7 Å². The minimum atomic E-state index is 0.140. The molecular weight excluding hydrogens is 318 g/mol. The number of benzene rings is 1. The molecule has 0 amide bonds. The molecule has 0 aliphatic rings.